The van der Waals surface area contributed by atoms with E-state index in [1.807, 2.05) is 0 Å². The van der Waals surface area contributed by atoms with Crippen molar-refractivity contribution in [1.29, 1.82) is 0 Å². The highest BCUT2D eigenvalue weighted by Gasteiger charge is 2.10. The van der Waals surface area contributed by atoms with Gasteiger partial charge in [-0.1, -0.05) is 24.3 Å². The summed E-state index contributed by atoms with van der Waals surface area (Å²) in [6, 6.07) is 15.2. The highest BCUT2D eigenvalue weighted by Crippen LogP contribution is 2.21. The van der Waals surface area contributed by atoms with Crippen molar-refractivity contribution in [3.05, 3.63) is 60.2 Å². The second kappa shape index (κ2) is 6.77. The van der Waals surface area contributed by atoms with Gasteiger partial charge in [0.15, 0.2) is 0 Å². The number of imide groups is 1. The van der Waals surface area contributed by atoms with Crippen LogP contribution in [0.3, 0.4) is 0 Å². The van der Waals surface area contributed by atoms with E-state index in [-0.39, 0.29) is 17.4 Å². The highest BCUT2D eigenvalue weighted by atomic mass is 32.2. The summed E-state index contributed by atoms with van der Waals surface area (Å²) in [5.41, 5.74) is 0.447. The Hall–Kier alpha value is -2.27. The maximum Gasteiger partial charge on any atom is 0.257 e. The Balaban J connectivity index is 1.85. The van der Waals surface area contributed by atoms with E-state index >= 15 is 0 Å². The van der Waals surface area contributed by atoms with E-state index in [4.69, 9.17) is 0 Å². The number of aromatic hydroxyl groups is 1. The first-order chi connectivity index (χ1) is 9.65. The lowest BCUT2D eigenvalue weighted by Gasteiger charge is -2.04. The molecule has 2 amide bonds. The zero-order valence-electron chi connectivity index (χ0n) is 10.6. The number of carbonyl (C=O) groups is 2. The summed E-state index contributed by atoms with van der Waals surface area (Å²) < 4.78 is 0. The Labute approximate surface area is 120 Å². The molecular weight excluding hydrogens is 274 g/mol. The third-order valence-electron chi connectivity index (χ3n) is 2.48. The fraction of sp³-hybridized carbons (Fsp3) is 0.0667. The number of amides is 2. The first-order valence-corrected chi connectivity index (χ1v) is 6.95. The molecule has 2 aromatic rings. The zero-order chi connectivity index (χ0) is 14.4. The predicted octanol–water partition coefficient (Wildman–Crippen LogP) is 2.44. The molecule has 0 saturated carbocycles. The quantitative estimate of drug-likeness (QED) is 0.848. The third kappa shape index (κ3) is 4.13. The third-order valence-corrected chi connectivity index (χ3v) is 3.47. The van der Waals surface area contributed by atoms with E-state index in [0.29, 0.717) is 5.56 Å². The largest absolute Gasteiger partial charge is 0.508 e. The zero-order valence-corrected chi connectivity index (χ0v) is 11.4. The number of rotatable bonds is 4. The van der Waals surface area contributed by atoms with Gasteiger partial charge < -0.3 is 5.11 Å². The van der Waals surface area contributed by atoms with Crippen LogP contribution in [0.25, 0.3) is 0 Å². The number of hydrogen-bond acceptors (Lipinski definition) is 4. The van der Waals surface area contributed by atoms with Gasteiger partial charge in [0, 0.05) is 10.5 Å². The van der Waals surface area contributed by atoms with E-state index in [9.17, 15) is 14.7 Å². The van der Waals surface area contributed by atoms with Gasteiger partial charge in [-0.05, 0) is 30.3 Å². The normalized spacial score (nSPS) is 10.0. The van der Waals surface area contributed by atoms with Crippen molar-refractivity contribution < 1.29 is 14.7 Å². The maximum atomic E-state index is 11.7. The van der Waals surface area contributed by atoms with Crippen LogP contribution in [0.4, 0.5) is 0 Å². The average molecular weight is 287 g/mol. The van der Waals surface area contributed by atoms with Crippen LogP contribution in [-0.4, -0.2) is 22.7 Å². The number of phenolic OH excluding ortho intramolecular Hbond substituents is 1. The summed E-state index contributed by atoms with van der Waals surface area (Å²) in [5.74, 6) is -0.516. The second-order valence-corrected chi connectivity index (χ2v) is 5.08. The van der Waals surface area contributed by atoms with Crippen molar-refractivity contribution in [1.82, 2.24) is 5.32 Å². The molecule has 20 heavy (non-hydrogen) atoms. The summed E-state index contributed by atoms with van der Waals surface area (Å²) in [5, 5.41) is 11.6. The van der Waals surface area contributed by atoms with E-state index < -0.39 is 5.91 Å². The molecule has 0 radical (unpaired) electrons. The van der Waals surface area contributed by atoms with Gasteiger partial charge in [-0.15, -0.1) is 11.8 Å². The first-order valence-electron chi connectivity index (χ1n) is 5.96. The van der Waals surface area contributed by atoms with Gasteiger partial charge in [0.25, 0.3) is 5.91 Å². The molecule has 2 rings (SSSR count). The summed E-state index contributed by atoms with van der Waals surface area (Å²) in [6.45, 7) is 0. The standard InChI is InChI=1S/C15H13NO3S/c17-12-7-4-8-13(9-12)20-10-14(18)16-15(19)11-5-2-1-3-6-11/h1-9,17H,10H2,(H,16,18,19). The summed E-state index contributed by atoms with van der Waals surface area (Å²) >= 11 is 1.26. The van der Waals surface area contributed by atoms with Crippen LogP contribution in [0.15, 0.2) is 59.5 Å². The van der Waals surface area contributed by atoms with Crippen molar-refractivity contribution in [3.8, 4) is 5.75 Å². The maximum absolute atomic E-state index is 11.7. The highest BCUT2D eigenvalue weighted by molar-refractivity contribution is 8.00. The Morgan fingerprint density at radius 1 is 1.05 bits per heavy atom. The fourth-order valence-electron chi connectivity index (χ4n) is 1.55. The van der Waals surface area contributed by atoms with E-state index in [1.165, 1.54) is 11.8 Å². The minimum absolute atomic E-state index is 0.113. The summed E-state index contributed by atoms with van der Waals surface area (Å²) in [6.07, 6.45) is 0. The van der Waals surface area contributed by atoms with Gasteiger partial charge in [-0.2, -0.15) is 0 Å². The molecule has 0 spiro atoms. The van der Waals surface area contributed by atoms with Crippen molar-refractivity contribution >= 4 is 23.6 Å². The molecule has 0 heterocycles. The minimum Gasteiger partial charge on any atom is -0.508 e. The minimum atomic E-state index is -0.410. The van der Waals surface area contributed by atoms with Crippen molar-refractivity contribution in [3.63, 3.8) is 0 Å². The first kappa shape index (κ1) is 14.1. The molecule has 0 aliphatic rings. The van der Waals surface area contributed by atoms with Crippen LogP contribution in [0.2, 0.25) is 0 Å². The molecule has 4 nitrogen and oxygen atoms in total. The van der Waals surface area contributed by atoms with Crippen LogP contribution in [0.5, 0.6) is 5.75 Å². The van der Waals surface area contributed by atoms with Crippen molar-refractivity contribution in [2.75, 3.05) is 5.75 Å². The van der Waals surface area contributed by atoms with Crippen LogP contribution < -0.4 is 5.32 Å². The molecule has 0 saturated heterocycles. The summed E-state index contributed by atoms with van der Waals surface area (Å²) in [7, 11) is 0. The molecule has 0 unspecified atom stereocenters. The molecule has 0 aliphatic heterocycles. The number of phenols is 1. The van der Waals surface area contributed by atoms with Crippen molar-refractivity contribution in [2.24, 2.45) is 0 Å². The van der Waals surface area contributed by atoms with Crippen LogP contribution in [-0.2, 0) is 4.79 Å². The lowest BCUT2D eigenvalue weighted by Crippen LogP contribution is -2.31. The lowest BCUT2D eigenvalue weighted by atomic mass is 10.2. The van der Waals surface area contributed by atoms with E-state index in [2.05, 4.69) is 5.32 Å². The van der Waals surface area contributed by atoms with Crippen LogP contribution in [0, 0.1) is 0 Å². The monoisotopic (exact) mass is 287 g/mol. The van der Waals surface area contributed by atoms with Crippen LogP contribution >= 0.6 is 11.8 Å². The van der Waals surface area contributed by atoms with Gasteiger partial charge in [-0.25, -0.2) is 0 Å². The Morgan fingerprint density at radius 3 is 2.50 bits per heavy atom. The topological polar surface area (TPSA) is 66.4 Å². The molecule has 0 aliphatic carbocycles. The van der Waals surface area contributed by atoms with Crippen LogP contribution in [0.1, 0.15) is 10.4 Å². The number of nitrogens with one attached hydrogen (secondary N) is 1. The SMILES string of the molecule is O=C(CSc1cccc(O)c1)NC(=O)c1ccccc1. The van der Waals surface area contributed by atoms with Gasteiger partial charge in [0.1, 0.15) is 5.75 Å². The Morgan fingerprint density at radius 2 is 1.80 bits per heavy atom. The Kier molecular flexibility index (Phi) is 4.79. The molecule has 5 heteroatoms. The molecule has 0 bridgehead atoms. The predicted molar refractivity (Wildman–Crippen MR) is 77.7 cm³/mol. The number of benzene rings is 2. The second-order valence-electron chi connectivity index (χ2n) is 4.03. The van der Waals surface area contributed by atoms with Gasteiger partial charge in [0.05, 0.1) is 5.75 Å². The number of thioether (sulfide) groups is 1. The van der Waals surface area contributed by atoms with E-state index in [0.717, 1.165) is 4.90 Å². The number of hydrogen-bond donors (Lipinski definition) is 2. The fourth-order valence-corrected chi connectivity index (χ4v) is 2.30. The summed E-state index contributed by atoms with van der Waals surface area (Å²) in [4.78, 5) is 24.2. The van der Waals surface area contributed by atoms with Gasteiger partial charge >= 0.3 is 0 Å². The lowest BCUT2D eigenvalue weighted by molar-refractivity contribution is -0.117. The molecule has 0 atom stereocenters. The van der Waals surface area contributed by atoms with Gasteiger partial charge in [-0.3, -0.25) is 14.9 Å². The van der Waals surface area contributed by atoms with E-state index in [1.54, 1.807) is 54.6 Å². The van der Waals surface area contributed by atoms with Crippen molar-refractivity contribution in [2.45, 2.75) is 4.90 Å². The Bertz CT molecular complexity index is 614. The molecule has 0 aromatic heterocycles. The number of carbonyl (C=O) groups excluding carboxylic acids is 2. The molecule has 0 fully saturated rings. The van der Waals surface area contributed by atoms with Gasteiger partial charge in [0.2, 0.25) is 5.91 Å². The molecule has 2 N–H and O–H groups in total. The average Bonchev–Trinajstić information content (AvgIpc) is 2.46. The molecule has 102 valence electrons. The smallest absolute Gasteiger partial charge is 0.257 e. The molecular formula is C15H13NO3S. The molecule has 2 aromatic carbocycles.